The highest BCUT2D eigenvalue weighted by atomic mass is 32.9. The summed E-state index contributed by atoms with van der Waals surface area (Å²) in [6.07, 6.45) is 4.51. The van der Waals surface area contributed by atoms with Crippen molar-refractivity contribution in [2.75, 3.05) is 0 Å². The third-order valence-electron chi connectivity index (χ3n) is 5.86. The molecule has 3 aromatic rings. The Morgan fingerprint density at radius 2 is 1.09 bits per heavy atom. The van der Waals surface area contributed by atoms with Crippen molar-refractivity contribution >= 4 is 28.9 Å². The van der Waals surface area contributed by atoms with Gasteiger partial charge in [-0.15, -0.1) is 0 Å². The molecule has 3 aromatic carbocycles. The van der Waals surface area contributed by atoms with E-state index in [2.05, 4.69) is 83.1 Å². The van der Waals surface area contributed by atoms with E-state index >= 15 is 0 Å². The molecule has 0 spiro atoms. The summed E-state index contributed by atoms with van der Waals surface area (Å²) in [7, 11) is 0. The van der Waals surface area contributed by atoms with Crippen LogP contribution in [0.5, 0.6) is 11.5 Å². The van der Waals surface area contributed by atoms with Gasteiger partial charge in [-0.25, -0.2) is 0 Å². The Morgan fingerprint density at radius 3 is 1.49 bits per heavy atom. The van der Waals surface area contributed by atoms with Crippen molar-refractivity contribution in [1.29, 1.82) is 0 Å². The van der Waals surface area contributed by atoms with Crippen molar-refractivity contribution in [3.8, 4) is 11.5 Å². The second-order valence-corrected chi connectivity index (χ2v) is 16.3. The van der Waals surface area contributed by atoms with E-state index in [1.165, 1.54) is 29.5 Å². The normalized spacial score (nSPS) is 12.7. The minimum Gasteiger partial charge on any atom is -0.428 e. The maximum absolute atomic E-state index is 6.45. The molecular weight excluding hydrogens is 487 g/mol. The third-order valence-corrected chi connectivity index (χ3v) is 11.0. The van der Waals surface area contributed by atoms with Gasteiger partial charge in [0.2, 0.25) is 0 Å². The molecule has 1 unspecified atom stereocenters. The summed E-state index contributed by atoms with van der Waals surface area (Å²) in [5, 5.41) is 0.151. The van der Waals surface area contributed by atoms with Gasteiger partial charge < -0.3 is 9.05 Å². The molecule has 0 saturated heterocycles. The molecule has 0 amide bonds. The van der Waals surface area contributed by atoms with Crippen LogP contribution in [-0.2, 0) is 24.6 Å². The van der Waals surface area contributed by atoms with Gasteiger partial charge in [-0.1, -0.05) is 82.3 Å². The molecule has 0 bridgehead atoms. The van der Waals surface area contributed by atoms with Gasteiger partial charge in [-0.05, 0) is 109 Å². The zero-order valence-electron chi connectivity index (χ0n) is 21.6. The number of hydrogen-bond acceptors (Lipinski definition) is 4. The van der Waals surface area contributed by atoms with Crippen LogP contribution in [0.4, 0.5) is 0 Å². The summed E-state index contributed by atoms with van der Waals surface area (Å²) in [6.45, 7) is 11.2. The Morgan fingerprint density at radius 1 is 0.657 bits per heavy atom. The third kappa shape index (κ3) is 9.67. The van der Waals surface area contributed by atoms with E-state index in [0.717, 1.165) is 24.3 Å². The van der Waals surface area contributed by atoms with Gasteiger partial charge in [0.15, 0.2) is 0 Å². The van der Waals surface area contributed by atoms with E-state index in [9.17, 15) is 0 Å². The van der Waals surface area contributed by atoms with Crippen molar-refractivity contribution < 1.29 is 9.05 Å². The first-order valence-electron chi connectivity index (χ1n) is 12.6. The average Bonchev–Trinajstić information content (AvgIpc) is 2.83. The first kappa shape index (κ1) is 27.8. The zero-order valence-corrected chi connectivity index (χ0v) is 24.2. The molecule has 0 N–H and O–H groups in total. The van der Waals surface area contributed by atoms with Crippen LogP contribution in [0.2, 0.25) is 0 Å². The van der Waals surface area contributed by atoms with Crippen molar-refractivity contribution in [2.24, 2.45) is 11.8 Å². The lowest BCUT2D eigenvalue weighted by Gasteiger charge is -2.26. The minimum absolute atomic E-state index is 0.151. The molecule has 2 nitrogen and oxygen atoms in total. The molecular formula is C30H39O2PS2. The number of rotatable bonds is 13. The minimum atomic E-state index is -2.73. The lowest BCUT2D eigenvalue weighted by Crippen LogP contribution is -2.01. The fourth-order valence-electron chi connectivity index (χ4n) is 3.64. The number of hydrogen-bond donors (Lipinski definition) is 0. The molecule has 3 rings (SSSR count). The molecule has 0 aromatic heterocycles. The van der Waals surface area contributed by atoms with Gasteiger partial charge in [0.1, 0.15) is 11.5 Å². The molecule has 5 heteroatoms. The topological polar surface area (TPSA) is 18.5 Å². The van der Waals surface area contributed by atoms with E-state index in [0.29, 0.717) is 11.8 Å². The Labute approximate surface area is 221 Å². The van der Waals surface area contributed by atoms with Gasteiger partial charge in [0.25, 0.3) is 0 Å². The Bertz CT molecular complexity index is 1000. The molecule has 188 valence electrons. The van der Waals surface area contributed by atoms with Crippen molar-refractivity contribution in [3.63, 3.8) is 0 Å². The van der Waals surface area contributed by atoms with E-state index in [-0.39, 0.29) is 5.25 Å². The molecule has 0 heterocycles. The Hall–Kier alpha value is -1.74. The smallest absolute Gasteiger partial charge is 0.349 e. The maximum Gasteiger partial charge on any atom is 0.349 e. The predicted molar refractivity (Wildman–Crippen MR) is 157 cm³/mol. The average molecular weight is 527 g/mol. The van der Waals surface area contributed by atoms with Crippen LogP contribution in [0.15, 0.2) is 78.9 Å². The molecule has 0 fully saturated rings. The second-order valence-electron chi connectivity index (χ2n) is 9.94. The zero-order chi connectivity index (χ0) is 25.3. The fraction of sp³-hybridized carbons (Fsp3) is 0.400. The molecule has 0 aliphatic carbocycles. The van der Waals surface area contributed by atoms with Crippen molar-refractivity contribution in [2.45, 2.75) is 65.6 Å². The van der Waals surface area contributed by atoms with Crippen molar-refractivity contribution in [3.05, 3.63) is 95.6 Å². The maximum atomic E-state index is 6.45. The van der Waals surface area contributed by atoms with Crippen molar-refractivity contribution in [1.82, 2.24) is 0 Å². The monoisotopic (exact) mass is 526 g/mol. The van der Waals surface area contributed by atoms with Gasteiger partial charge in [-0.2, -0.15) is 0 Å². The summed E-state index contributed by atoms with van der Waals surface area (Å²) < 4.78 is 12.9. The molecule has 0 saturated carbocycles. The van der Waals surface area contributed by atoms with Gasteiger partial charge in [0, 0.05) is 5.25 Å². The van der Waals surface area contributed by atoms with Crippen LogP contribution in [0.25, 0.3) is 0 Å². The van der Waals surface area contributed by atoms with Gasteiger partial charge in [-0.3, -0.25) is 0 Å². The van der Waals surface area contributed by atoms with Gasteiger partial charge in [0.05, 0.1) is 0 Å². The SMILES string of the molecule is CC(C)CCc1ccc(OP(=S)(Oc2ccc(CCC(C)C)cc2)SC(C)c2ccccc2)cc1. The predicted octanol–water partition coefficient (Wildman–Crippen LogP) is 10.0. The van der Waals surface area contributed by atoms with E-state index < -0.39 is 5.69 Å². The van der Waals surface area contributed by atoms with E-state index in [1.54, 1.807) is 11.4 Å². The quantitative estimate of drug-likeness (QED) is 0.206. The molecule has 35 heavy (non-hydrogen) atoms. The first-order valence-corrected chi connectivity index (χ1v) is 16.7. The number of benzene rings is 3. The second kappa shape index (κ2) is 13.5. The fourth-order valence-corrected chi connectivity index (χ4v) is 9.17. The summed E-state index contributed by atoms with van der Waals surface area (Å²) in [4.78, 5) is 0. The lowest BCUT2D eigenvalue weighted by atomic mass is 10.0. The highest BCUT2D eigenvalue weighted by Crippen LogP contribution is 2.64. The van der Waals surface area contributed by atoms with Crippen LogP contribution in [0, 0.1) is 11.8 Å². The van der Waals surface area contributed by atoms with Crippen LogP contribution >= 0.6 is 17.1 Å². The largest absolute Gasteiger partial charge is 0.428 e. The highest BCUT2D eigenvalue weighted by Gasteiger charge is 2.28. The van der Waals surface area contributed by atoms with Crippen LogP contribution < -0.4 is 9.05 Å². The van der Waals surface area contributed by atoms with Crippen LogP contribution in [0.1, 0.15) is 69.4 Å². The van der Waals surface area contributed by atoms with Crippen LogP contribution in [0.3, 0.4) is 0 Å². The van der Waals surface area contributed by atoms with Gasteiger partial charge >= 0.3 is 5.69 Å². The standard InChI is InChI=1S/C30H39O2PS2/c1-23(2)11-13-26-15-19-29(20-16-26)31-33(34,35-25(5)28-9-7-6-8-10-28)32-30-21-17-27(18-22-30)14-12-24(3)4/h6-10,15-25H,11-14H2,1-5H3. The Balaban J connectivity index is 1.77. The first-order chi connectivity index (χ1) is 16.7. The summed E-state index contributed by atoms with van der Waals surface area (Å²) in [5.41, 5.74) is 1.13. The Kier molecular flexibility index (Phi) is 10.8. The summed E-state index contributed by atoms with van der Waals surface area (Å²) >= 11 is 7.72. The highest BCUT2D eigenvalue weighted by molar-refractivity contribution is 8.68. The summed E-state index contributed by atoms with van der Waals surface area (Å²) in [6, 6.07) is 27.1. The molecule has 0 radical (unpaired) electrons. The molecule has 0 aliphatic rings. The molecule has 1 atom stereocenters. The molecule has 0 aliphatic heterocycles. The number of aryl methyl sites for hydroxylation is 2. The summed E-state index contributed by atoms with van der Waals surface area (Å²) in [5.74, 6) is 2.92. The van der Waals surface area contributed by atoms with E-state index in [4.69, 9.17) is 20.9 Å². The van der Waals surface area contributed by atoms with E-state index in [1.807, 2.05) is 30.3 Å². The lowest BCUT2D eigenvalue weighted by molar-refractivity contribution is 0.505. The van der Waals surface area contributed by atoms with Crippen LogP contribution in [-0.4, -0.2) is 0 Å².